The van der Waals surface area contributed by atoms with Crippen LogP contribution in [0.15, 0.2) is 24.3 Å². The predicted octanol–water partition coefficient (Wildman–Crippen LogP) is 9.65. The van der Waals surface area contributed by atoms with Gasteiger partial charge in [-0.1, -0.05) is 135 Å². The molecule has 0 saturated carbocycles. The molecule has 9 heteroatoms. The van der Waals surface area contributed by atoms with Crippen molar-refractivity contribution >= 4 is 23.8 Å². The zero-order valence-electron chi connectivity index (χ0n) is 32.6. The minimum absolute atomic E-state index is 0.118. The molecule has 0 spiro atoms. The largest absolute Gasteiger partial charge is 0.480 e. The number of esters is 1. The molecule has 9 nitrogen and oxygen atoms in total. The average molecular weight is 721 g/mol. The number of aliphatic carboxylic acids is 1. The maximum Gasteiger partial charge on any atom is 0.328 e. The van der Waals surface area contributed by atoms with Crippen LogP contribution >= 0.6 is 0 Å². The van der Waals surface area contributed by atoms with Crippen molar-refractivity contribution in [1.82, 2.24) is 10.6 Å². The van der Waals surface area contributed by atoms with Gasteiger partial charge >= 0.3 is 11.9 Å². The number of carbonyl (C=O) groups excluding carboxylic acids is 3. The van der Waals surface area contributed by atoms with Gasteiger partial charge < -0.3 is 25.6 Å². The summed E-state index contributed by atoms with van der Waals surface area (Å²) in [7, 11) is 0. The fourth-order valence-electron chi connectivity index (χ4n) is 5.91. The number of unbranched alkanes of at least 4 members (excludes halogenated alkanes) is 21. The van der Waals surface area contributed by atoms with Gasteiger partial charge in [-0.3, -0.25) is 14.4 Å². The quantitative estimate of drug-likeness (QED) is 0.0284. The van der Waals surface area contributed by atoms with E-state index in [0.717, 1.165) is 64.2 Å². The number of aliphatic hydroxyl groups excluding tert-OH is 1. The summed E-state index contributed by atoms with van der Waals surface area (Å²) < 4.78 is 5.90. The topological polar surface area (TPSA) is 142 Å². The molecule has 0 heterocycles. The zero-order chi connectivity index (χ0) is 37.6. The van der Waals surface area contributed by atoms with Gasteiger partial charge in [0, 0.05) is 12.8 Å². The van der Waals surface area contributed by atoms with Gasteiger partial charge in [0.05, 0.1) is 13.2 Å². The number of aliphatic hydroxyl groups is 1. The number of carbonyl (C=O) groups is 4. The molecular weight excluding hydrogens is 644 g/mol. The van der Waals surface area contributed by atoms with Crippen LogP contribution in [0, 0.1) is 0 Å². The Hall–Kier alpha value is -2.68. The fourth-order valence-corrected chi connectivity index (χ4v) is 5.91. The van der Waals surface area contributed by atoms with Crippen molar-refractivity contribution in [1.29, 1.82) is 0 Å². The number of ether oxygens (including phenoxy) is 1. The number of allylic oxidation sites excluding steroid dienone is 3. The van der Waals surface area contributed by atoms with Crippen LogP contribution < -0.4 is 10.6 Å². The molecule has 4 N–H and O–H groups in total. The Labute approximate surface area is 311 Å². The third kappa shape index (κ3) is 34.2. The van der Waals surface area contributed by atoms with Gasteiger partial charge in [-0.05, 0) is 70.3 Å². The van der Waals surface area contributed by atoms with Crippen molar-refractivity contribution in [3.63, 3.8) is 0 Å². The maximum atomic E-state index is 12.7. The number of nitrogens with one attached hydrogen (secondary N) is 2. The second-order valence-electron chi connectivity index (χ2n) is 14.1. The summed E-state index contributed by atoms with van der Waals surface area (Å²) in [6, 6.07) is -1.39. The molecular formula is C42H76N2O7. The lowest BCUT2D eigenvalue weighted by Crippen LogP contribution is -2.47. The van der Waals surface area contributed by atoms with Crippen LogP contribution in [0.4, 0.5) is 0 Å². The average Bonchev–Trinajstić information content (AvgIpc) is 3.11. The molecule has 51 heavy (non-hydrogen) atoms. The van der Waals surface area contributed by atoms with E-state index in [4.69, 9.17) is 14.9 Å². The van der Waals surface area contributed by atoms with Crippen LogP contribution in [-0.2, 0) is 23.9 Å². The lowest BCUT2D eigenvalue weighted by atomic mass is 10.1. The zero-order valence-corrected chi connectivity index (χ0v) is 32.6. The SMILES string of the molecule is CCCCCCCC/C=C\CCCCCCCC(=O)OC(/C=C\CCCCCCCCC)CCCCCCC(=O)NCC(=O)NC(CO)C(=O)O. The molecule has 0 fully saturated rings. The smallest absolute Gasteiger partial charge is 0.328 e. The molecule has 0 aliphatic rings. The molecule has 2 amide bonds. The van der Waals surface area contributed by atoms with Gasteiger partial charge in [0.2, 0.25) is 11.8 Å². The Bertz CT molecular complexity index is 921. The van der Waals surface area contributed by atoms with E-state index in [-0.39, 0.29) is 30.9 Å². The highest BCUT2D eigenvalue weighted by molar-refractivity contribution is 5.87. The second-order valence-corrected chi connectivity index (χ2v) is 14.1. The van der Waals surface area contributed by atoms with Gasteiger partial charge in [0.1, 0.15) is 12.1 Å². The van der Waals surface area contributed by atoms with Crippen molar-refractivity contribution < 1.29 is 34.1 Å². The molecule has 0 aliphatic carbocycles. The molecule has 0 saturated heterocycles. The van der Waals surface area contributed by atoms with Crippen molar-refractivity contribution in [3.05, 3.63) is 24.3 Å². The van der Waals surface area contributed by atoms with Gasteiger partial charge in [0.25, 0.3) is 0 Å². The Morgan fingerprint density at radius 3 is 1.59 bits per heavy atom. The number of amides is 2. The third-order valence-electron chi connectivity index (χ3n) is 9.16. The molecule has 0 aromatic rings. The standard InChI is InChI=1S/C42H76N2O7/c1-3-5-7-9-11-13-14-15-16-17-18-20-22-24-30-34-41(48)51-37(31-27-23-21-19-12-10-8-6-4-2)32-28-25-26-29-33-39(46)43-35-40(47)44-38(36-45)42(49)50/h15-16,27,31,37-38,45H,3-14,17-26,28-30,32-36H2,1-2H3,(H,43,46)(H,44,47)(H,49,50)/b16-15-,31-27-. The molecule has 0 aromatic heterocycles. The van der Waals surface area contributed by atoms with Gasteiger partial charge in [-0.25, -0.2) is 4.79 Å². The first-order valence-corrected chi connectivity index (χ1v) is 20.7. The fraction of sp³-hybridized carbons (Fsp3) is 0.810. The van der Waals surface area contributed by atoms with E-state index in [1.807, 2.05) is 0 Å². The van der Waals surface area contributed by atoms with Crippen LogP contribution in [0.5, 0.6) is 0 Å². The summed E-state index contributed by atoms with van der Waals surface area (Å²) in [5.74, 6) is -2.40. The summed E-state index contributed by atoms with van der Waals surface area (Å²) in [5.41, 5.74) is 0. The number of hydrogen-bond donors (Lipinski definition) is 4. The van der Waals surface area contributed by atoms with E-state index >= 15 is 0 Å². The highest BCUT2D eigenvalue weighted by Gasteiger charge is 2.18. The highest BCUT2D eigenvalue weighted by atomic mass is 16.5. The van der Waals surface area contributed by atoms with Gasteiger partial charge in [-0.15, -0.1) is 0 Å². The van der Waals surface area contributed by atoms with E-state index in [0.29, 0.717) is 12.8 Å². The minimum atomic E-state index is -1.39. The van der Waals surface area contributed by atoms with Gasteiger partial charge in [-0.2, -0.15) is 0 Å². The molecule has 2 atom stereocenters. The summed E-state index contributed by atoms with van der Waals surface area (Å²) in [5, 5.41) is 22.5. The molecule has 0 bridgehead atoms. The minimum Gasteiger partial charge on any atom is -0.480 e. The highest BCUT2D eigenvalue weighted by Crippen LogP contribution is 2.15. The third-order valence-corrected chi connectivity index (χ3v) is 9.16. The first-order valence-electron chi connectivity index (χ1n) is 20.7. The monoisotopic (exact) mass is 721 g/mol. The van der Waals surface area contributed by atoms with Crippen LogP contribution in [-0.4, -0.2) is 59.3 Å². The summed E-state index contributed by atoms with van der Waals surface area (Å²) >= 11 is 0. The second kappa shape index (κ2) is 37.1. The summed E-state index contributed by atoms with van der Waals surface area (Å²) in [4.78, 5) is 47.5. The predicted molar refractivity (Wildman–Crippen MR) is 208 cm³/mol. The number of rotatable bonds is 37. The Morgan fingerprint density at radius 1 is 0.588 bits per heavy atom. The Kier molecular flexibility index (Phi) is 35.1. The molecule has 2 unspecified atom stereocenters. The lowest BCUT2D eigenvalue weighted by molar-refractivity contribution is -0.147. The van der Waals surface area contributed by atoms with Crippen LogP contribution in [0.1, 0.15) is 194 Å². The van der Waals surface area contributed by atoms with Gasteiger partial charge in [0.15, 0.2) is 0 Å². The summed E-state index contributed by atoms with van der Waals surface area (Å²) in [6.07, 6.45) is 39.3. The Morgan fingerprint density at radius 2 is 1.06 bits per heavy atom. The van der Waals surface area contributed by atoms with Crippen LogP contribution in [0.3, 0.4) is 0 Å². The first kappa shape index (κ1) is 48.3. The molecule has 0 radical (unpaired) electrons. The Balaban J connectivity index is 4.32. The van der Waals surface area contributed by atoms with Crippen LogP contribution in [0.25, 0.3) is 0 Å². The van der Waals surface area contributed by atoms with E-state index in [1.54, 1.807) is 0 Å². The lowest BCUT2D eigenvalue weighted by Gasteiger charge is -2.15. The molecule has 296 valence electrons. The normalized spacial score (nSPS) is 12.7. The van der Waals surface area contributed by atoms with E-state index in [1.165, 1.54) is 96.3 Å². The van der Waals surface area contributed by atoms with Crippen LogP contribution in [0.2, 0.25) is 0 Å². The molecule has 0 aliphatic heterocycles. The van der Waals surface area contributed by atoms with E-state index < -0.39 is 24.5 Å². The summed E-state index contributed by atoms with van der Waals surface area (Å²) in [6.45, 7) is 3.44. The van der Waals surface area contributed by atoms with Crippen molar-refractivity contribution in [2.24, 2.45) is 0 Å². The number of hydrogen-bond acceptors (Lipinski definition) is 6. The number of carboxylic acids is 1. The van der Waals surface area contributed by atoms with E-state index in [9.17, 15) is 19.2 Å². The van der Waals surface area contributed by atoms with E-state index in [2.05, 4.69) is 48.8 Å². The molecule has 0 rings (SSSR count). The number of carboxylic acid groups (broad SMARTS) is 1. The first-order chi connectivity index (χ1) is 24.8. The molecule has 0 aromatic carbocycles. The van der Waals surface area contributed by atoms with Crippen molar-refractivity contribution in [3.8, 4) is 0 Å². The van der Waals surface area contributed by atoms with Crippen molar-refractivity contribution in [2.45, 2.75) is 206 Å². The van der Waals surface area contributed by atoms with Crippen molar-refractivity contribution in [2.75, 3.05) is 13.2 Å². The maximum absolute atomic E-state index is 12.7.